The van der Waals surface area contributed by atoms with E-state index >= 15 is 0 Å². The average molecular weight is 234 g/mol. The molecule has 6 heteroatoms. The number of aliphatic hydroxyl groups excluding tert-OH is 2. The second-order valence-electron chi connectivity index (χ2n) is 4.68. The maximum absolute atomic E-state index is 9.19. The molecule has 2 aliphatic rings. The topological polar surface area (TPSA) is 105 Å². The second-order valence-corrected chi connectivity index (χ2v) is 4.68. The summed E-state index contributed by atoms with van der Waals surface area (Å²) >= 11 is 0. The Labute approximate surface area is 95.3 Å². The molecule has 0 radical (unpaired) electrons. The van der Waals surface area contributed by atoms with Crippen LogP contribution >= 0.6 is 0 Å². The Balaban J connectivity index is 0.000000160. The summed E-state index contributed by atoms with van der Waals surface area (Å²) < 4.78 is 0. The Bertz CT molecular complexity index is 215. The highest BCUT2D eigenvalue weighted by atomic mass is 16.3. The van der Waals surface area contributed by atoms with Crippen LogP contribution in [-0.2, 0) is 0 Å². The van der Waals surface area contributed by atoms with E-state index in [9.17, 15) is 10.2 Å². The monoisotopic (exact) mass is 234 g/mol. The summed E-state index contributed by atoms with van der Waals surface area (Å²) in [7, 11) is 0. The average Bonchev–Trinajstić information content (AvgIpc) is 2.13. The van der Waals surface area contributed by atoms with E-state index in [4.69, 9.17) is 10.2 Å². The molecule has 0 aromatic carbocycles. The first kappa shape index (κ1) is 13.8. The largest absolute Gasteiger partial charge is 0.396 e. The van der Waals surface area contributed by atoms with E-state index in [1.165, 1.54) is 0 Å². The molecule has 2 aliphatic heterocycles. The minimum atomic E-state index is -0.833. The van der Waals surface area contributed by atoms with Gasteiger partial charge in [0.1, 0.15) is 5.60 Å². The fraction of sp³-hybridized carbons (Fsp3) is 1.00. The predicted molar refractivity (Wildman–Crippen MR) is 59.0 cm³/mol. The van der Waals surface area contributed by atoms with Crippen LogP contribution in [0.5, 0.6) is 0 Å². The van der Waals surface area contributed by atoms with E-state index in [0.29, 0.717) is 32.6 Å². The zero-order valence-corrected chi connectivity index (χ0v) is 9.61. The minimum Gasteiger partial charge on any atom is -0.396 e. The van der Waals surface area contributed by atoms with E-state index in [2.05, 4.69) is 10.6 Å². The fourth-order valence-electron chi connectivity index (χ4n) is 1.48. The van der Waals surface area contributed by atoms with Crippen LogP contribution in [0.3, 0.4) is 0 Å². The van der Waals surface area contributed by atoms with Crippen molar-refractivity contribution in [3.05, 3.63) is 0 Å². The maximum Gasteiger partial charge on any atom is 0.115 e. The highest BCUT2D eigenvalue weighted by molar-refractivity contribution is 4.96. The van der Waals surface area contributed by atoms with Gasteiger partial charge in [0.25, 0.3) is 0 Å². The Morgan fingerprint density at radius 3 is 1.69 bits per heavy atom. The number of nitrogens with one attached hydrogen (secondary N) is 2. The summed E-state index contributed by atoms with van der Waals surface area (Å²) in [5.41, 5.74) is -1.42. The van der Waals surface area contributed by atoms with Crippen molar-refractivity contribution in [3.8, 4) is 0 Å². The smallest absolute Gasteiger partial charge is 0.115 e. The van der Waals surface area contributed by atoms with Crippen LogP contribution in [0.2, 0.25) is 0 Å². The molecule has 0 aromatic heterocycles. The van der Waals surface area contributed by atoms with Gasteiger partial charge in [-0.2, -0.15) is 0 Å². The fourth-order valence-corrected chi connectivity index (χ4v) is 1.48. The molecule has 0 aromatic rings. The van der Waals surface area contributed by atoms with Gasteiger partial charge in [0, 0.05) is 39.2 Å². The van der Waals surface area contributed by atoms with Crippen molar-refractivity contribution in [1.29, 1.82) is 0 Å². The highest BCUT2D eigenvalue weighted by Crippen LogP contribution is 2.14. The van der Waals surface area contributed by atoms with Crippen molar-refractivity contribution in [2.45, 2.75) is 30.7 Å². The second kappa shape index (κ2) is 5.39. The van der Waals surface area contributed by atoms with Gasteiger partial charge in [0.2, 0.25) is 0 Å². The van der Waals surface area contributed by atoms with Crippen molar-refractivity contribution in [1.82, 2.24) is 10.6 Å². The number of hydrogen-bond acceptors (Lipinski definition) is 6. The van der Waals surface area contributed by atoms with Crippen LogP contribution in [0.15, 0.2) is 0 Å². The van der Waals surface area contributed by atoms with Crippen LogP contribution in [0.4, 0.5) is 0 Å². The van der Waals surface area contributed by atoms with E-state index in [1.807, 2.05) is 0 Å². The molecule has 0 saturated carbocycles. The van der Waals surface area contributed by atoms with Crippen LogP contribution in [0, 0.1) is 0 Å². The standard InChI is InChI=1S/2C5H11NO2/c1-4(7)5(8)2-6-3-5;7-2-1-5(8)3-6-4-5/h4,6-8H,2-3H2,1H3;6-8H,1-4H2. The van der Waals surface area contributed by atoms with Gasteiger partial charge in [0.15, 0.2) is 0 Å². The first-order valence-electron chi connectivity index (χ1n) is 5.57. The lowest BCUT2D eigenvalue weighted by atomic mass is 9.92. The lowest BCUT2D eigenvalue weighted by Crippen LogP contribution is -2.65. The molecule has 6 N–H and O–H groups in total. The Kier molecular flexibility index (Phi) is 4.66. The van der Waals surface area contributed by atoms with E-state index < -0.39 is 17.3 Å². The molecule has 0 aliphatic carbocycles. The Morgan fingerprint density at radius 1 is 1.12 bits per heavy atom. The molecule has 2 saturated heterocycles. The Morgan fingerprint density at radius 2 is 1.62 bits per heavy atom. The van der Waals surface area contributed by atoms with Gasteiger partial charge < -0.3 is 31.1 Å². The number of β-amino-alcohol motifs (C(OH)–C–C–N with tert-alkyl or cyclic N) is 2. The molecule has 6 nitrogen and oxygen atoms in total. The summed E-state index contributed by atoms with van der Waals surface area (Å²) in [6.07, 6.45) is -0.108. The third-order valence-electron chi connectivity index (χ3n) is 3.13. The van der Waals surface area contributed by atoms with E-state index in [0.717, 1.165) is 0 Å². The molecular weight excluding hydrogens is 212 g/mol. The molecule has 2 heterocycles. The molecule has 0 bridgehead atoms. The molecular formula is C10H22N2O4. The Hall–Kier alpha value is -0.240. The number of rotatable bonds is 3. The minimum absolute atomic E-state index is 0.0815. The zero-order valence-electron chi connectivity index (χ0n) is 9.61. The third kappa shape index (κ3) is 3.38. The molecule has 96 valence electrons. The van der Waals surface area contributed by atoms with Crippen molar-refractivity contribution in [2.24, 2.45) is 0 Å². The van der Waals surface area contributed by atoms with Crippen molar-refractivity contribution >= 4 is 0 Å². The zero-order chi connectivity index (χ0) is 12.2. The van der Waals surface area contributed by atoms with Crippen LogP contribution < -0.4 is 10.6 Å². The van der Waals surface area contributed by atoms with Crippen molar-refractivity contribution in [2.75, 3.05) is 32.8 Å². The molecule has 2 fully saturated rings. The molecule has 1 unspecified atom stereocenters. The summed E-state index contributed by atoms with van der Waals surface area (Å²) in [4.78, 5) is 0. The maximum atomic E-state index is 9.19. The van der Waals surface area contributed by atoms with Crippen molar-refractivity contribution < 1.29 is 20.4 Å². The first-order chi connectivity index (χ1) is 7.42. The predicted octanol–water partition coefficient (Wildman–Crippen LogP) is -2.60. The molecule has 0 spiro atoms. The molecule has 1 atom stereocenters. The first-order valence-corrected chi connectivity index (χ1v) is 5.57. The van der Waals surface area contributed by atoms with Gasteiger partial charge in [-0.3, -0.25) is 0 Å². The van der Waals surface area contributed by atoms with Gasteiger partial charge in [-0.15, -0.1) is 0 Å². The normalized spacial score (nSPS) is 26.8. The quantitative estimate of drug-likeness (QED) is 0.320. The van der Waals surface area contributed by atoms with Crippen LogP contribution in [0.25, 0.3) is 0 Å². The summed E-state index contributed by atoms with van der Waals surface area (Å²) in [6.45, 7) is 3.98. The lowest BCUT2D eigenvalue weighted by molar-refractivity contribution is -0.0985. The molecule has 2 rings (SSSR count). The summed E-state index contributed by atoms with van der Waals surface area (Å²) in [5.74, 6) is 0. The van der Waals surface area contributed by atoms with Gasteiger partial charge in [-0.05, 0) is 6.92 Å². The SMILES string of the molecule is CC(O)C1(O)CNC1.OCCC1(O)CNC1. The van der Waals surface area contributed by atoms with Crippen LogP contribution in [-0.4, -0.2) is 70.5 Å². The highest BCUT2D eigenvalue weighted by Gasteiger charge is 2.38. The number of aliphatic hydroxyl groups is 4. The van der Waals surface area contributed by atoms with Gasteiger partial charge in [-0.1, -0.05) is 0 Å². The molecule has 0 amide bonds. The van der Waals surface area contributed by atoms with Gasteiger partial charge in [0.05, 0.1) is 11.7 Å². The van der Waals surface area contributed by atoms with Gasteiger partial charge >= 0.3 is 0 Å². The van der Waals surface area contributed by atoms with Crippen LogP contribution in [0.1, 0.15) is 13.3 Å². The van der Waals surface area contributed by atoms with E-state index in [-0.39, 0.29) is 6.61 Å². The number of hydrogen-bond donors (Lipinski definition) is 6. The van der Waals surface area contributed by atoms with Gasteiger partial charge in [-0.25, -0.2) is 0 Å². The third-order valence-corrected chi connectivity index (χ3v) is 3.13. The summed E-state index contributed by atoms with van der Waals surface area (Å²) in [5, 5.41) is 41.4. The molecule has 16 heavy (non-hydrogen) atoms. The van der Waals surface area contributed by atoms with Crippen molar-refractivity contribution in [3.63, 3.8) is 0 Å². The summed E-state index contributed by atoms with van der Waals surface area (Å²) in [6, 6.07) is 0. The van der Waals surface area contributed by atoms with E-state index in [1.54, 1.807) is 6.92 Å². The lowest BCUT2D eigenvalue weighted by Gasteiger charge is -2.39.